The summed E-state index contributed by atoms with van der Waals surface area (Å²) in [6, 6.07) is 14.7. The first-order valence-electron chi connectivity index (χ1n) is 6.96. The van der Waals surface area contributed by atoms with E-state index in [0.717, 1.165) is 11.1 Å². The molecule has 0 aliphatic carbocycles. The van der Waals surface area contributed by atoms with Crippen LogP contribution in [0.3, 0.4) is 0 Å². The van der Waals surface area contributed by atoms with Crippen LogP contribution >= 0.6 is 0 Å². The third-order valence-electron chi connectivity index (χ3n) is 3.40. The molecule has 4 N–H and O–H groups in total. The van der Waals surface area contributed by atoms with E-state index in [2.05, 4.69) is 5.32 Å². The summed E-state index contributed by atoms with van der Waals surface area (Å²) >= 11 is 0. The fourth-order valence-electron chi connectivity index (χ4n) is 2.06. The van der Waals surface area contributed by atoms with Crippen molar-refractivity contribution in [3.05, 3.63) is 59.7 Å². The molecule has 0 saturated carbocycles. The Bertz CT molecular complexity index is 611. The number of hydrogen-bond acceptors (Lipinski definition) is 3. The summed E-state index contributed by atoms with van der Waals surface area (Å²) in [7, 11) is 0. The molecule has 4 nitrogen and oxygen atoms in total. The molecule has 1 atom stereocenters. The molecule has 0 saturated heterocycles. The molecule has 0 heterocycles. The maximum atomic E-state index is 11.9. The number of nitrogens with one attached hydrogen (secondary N) is 1. The first-order valence-corrected chi connectivity index (χ1v) is 6.96. The van der Waals surface area contributed by atoms with Crippen LogP contribution in [0.1, 0.15) is 30.0 Å². The van der Waals surface area contributed by atoms with Gasteiger partial charge in [-0.1, -0.05) is 36.4 Å². The van der Waals surface area contributed by atoms with Crippen LogP contribution in [0.2, 0.25) is 0 Å². The Morgan fingerprint density at radius 2 is 1.95 bits per heavy atom. The van der Waals surface area contributed by atoms with Crippen LogP contribution in [-0.2, 0) is 4.79 Å². The molecule has 0 aliphatic rings. The van der Waals surface area contributed by atoms with Gasteiger partial charge in [-0.25, -0.2) is 0 Å². The van der Waals surface area contributed by atoms with Crippen molar-refractivity contribution in [2.45, 2.75) is 25.8 Å². The van der Waals surface area contributed by atoms with Gasteiger partial charge in [-0.2, -0.15) is 0 Å². The van der Waals surface area contributed by atoms with Crippen molar-refractivity contribution in [1.82, 2.24) is 0 Å². The number of nitrogens with two attached hydrogens (primary N) is 1. The van der Waals surface area contributed by atoms with Crippen LogP contribution in [0.25, 0.3) is 0 Å². The number of amides is 1. The van der Waals surface area contributed by atoms with Crippen molar-refractivity contribution >= 4 is 11.6 Å². The average molecular weight is 284 g/mol. The summed E-state index contributed by atoms with van der Waals surface area (Å²) < 4.78 is 0. The molecular formula is C17H20N2O2. The van der Waals surface area contributed by atoms with Gasteiger partial charge in [0.15, 0.2) is 0 Å². The van der Waals surface area contributed by atoms with E-state index in [0.29, 0.717) is 18.5 Å². The Hall–Kier alpha value is -2.33. The van der Waals surface area contributed by atoms with Crippen LogP contribution in [0, 0.1) is 6.92 Å². The minimum atomic E-state index is -0.150. The molecule has 0 aliphatic heterocycles. The molecule has 0 fully saturated rings. The first-order chi connectivity index (χ1) is 10.1. The number of aryl methyl sites for hydroxylation is 1. The van der Waals surface area contributed by atoms with Crippen LogP contribution in [0.4, 0.5) is 5.69 Å². The fraction of sp³-hybridized carbons (Fsp3) is 0.235. The largest absolute Gasteiger partial charge is 0.508 e. The molecule has 0 aromatic heterocycles. The predicted octanol–water partition coefficient (Wildman–Crippen LogP) is 3.12. The standard InChI is InChI=1S/C17H20N2O2/c1-12-7-8-14(11-16(12)20)19-17(21)10-9-15(18)13-5-3-2-4-6-13/h2-8,11,15,20H,9-10,18H2,1H3,(H,19,21). The maximum absolute atomic E-state index is 11.9. The number of hydrogen-bond donors (Lipinski definition) is 3. The molecule has 21 heavy (non-hydrogen) atoms. The number of anilines is 1. The molecule has 4 heteroatoms. The van der Waals surface area contributed by atoms with Gasteiger partial charge in [0.1, 0.15) is 5.75 Å². The highest BCUT2D eigenvalue weighted by Gasteiger charge is 2.09. The summed E-state index contributed by atoms with van der Waals surface area (Å²) in [5.41, 5.74) is 8.46. The molecule has 110 valence electrons. The van der Waals surface area contributed by atoms with Gasteiger partial charge in [0.2, 0.25) is 5.91 Å². The summed E-state index contributed by atoms with van der Waals surface area (Å²) in [5, 5.41) is 12.4. The average Bonchev–Trinajstić information content (AvgIpc) is 2.49. The van der Waals surface area contributed by atoms with Gasteiger partial charge in [0.05, 0.1) is 0 Å². The number of benzene rings is 2. The highest BCUT2D eigenvalue weighted by atomic mass is 16.3. The van der Waals surface area contributed by atoms with Crippen molar-refractivity contribution in [3.8, 4) is 5.75 Å². The SMILES string of the molecule is Cc1ccc(NC(=O)CCC(N)c2ccccc2)cc1O. The molecule has 1 amide bonds. The maximum Gasteiger partial charge on any atom is 0.224 e. The number of rotatable bonds is 5. The van der Waals surface area contributed by atoms with Crippen molar-refractivity contribution in [3.63, 3.8) is 0 Å². The lowest BCUT2D eigenvalue weighted by atomic mass is 10.0. The predicted molar refractivity (Wildman–Crippen MR) is 84.1 cm³/mol. The second kappa shape index (κ2) is 6.90. The van der Waals surface area contributed by atoms with Gasteiger partial charge in [0, 0.05) is 24.2 Å². The van der Waals surface area contributed by atoms with Gasteiger partial charge < -0.3 is 16.2 Å². The number of carbonyl (C=O) groups excluding carboxylic acids is 1. The van der Waals surface area contributed by atoms with Gasteiger partial charge in [-0.05, 0) is 30.5 Å². The van der Waals surface area contributed by atoms with Crippen LogP contribution in [0.15, 0.2) is 48.5 Å². The van der Waals surface area contributed by atoms with E-state index in [-0.39, 0.29) is 17.7 Å². The zero-order valence-corrected chi connectivity index (χ0v) is 12.0. The topological polar surface area (TPSA) is 75.4 Å². The second-order valence-corrected chi connectivity index (χ2v) is 5.11. The highest BCUT2D eigenvalue weighted by Crippen LogP contribution is 2.21. The molecule has 0 bridgehead atoms. The fourth-order valence-corrected chi connectivity index (χ4v) is 2.06. The number of aromatic hydroxyl groups is 1. The van der Waals surface area contributed by atoms with Gasteiger partial charge in [0.25, 0.3) is 0 Å². The Morgan fingerprint density at radius 1 is 1.24 bits per heavy atom. The number of carbonyl (C=O) groups is 1. The van der Waals surface area contributed by atoms with Gasteiger partial charge >= 0.3 is 0 Å². The normalized spacial score (nSPS) is 11.9. The van der Waals surface area contributed by atoms with Crippen LogP contribution < -0.4 is 11.1 Å². The summed E-state index contributed by atoms with van der Waals surface area (Å²) in [4.78, 5) is 11.9. The summed E-state index contributed by atoms with van der Waals surface area (Å²) in [6.45, 7) is 1.81. The van der Waals surface area contributed by atoms with E-state index >= 15 is 0 Å². The lowest BCUT2D eigenvalue weighted by Crippen LogP contribution is -2.16. The minimum absolute atomic E-state index is 0.107. The van der Waals surface area contributed by atoms with E-state index < -0.39 is 0 Å². The van der Waals surface area contributed by atoms with E-state index in [1.165, 1.54) is 0 Å². The number of phenolic OH excluding ortho intramolecular Hbond substituents is 1. The Balaban J connectivity index is 1.86. The van der Waals surface area contributed by atoms with Crippen LogP contribution in [-0.4, -0.2) is 11.0 Å². The molecule has 0 radical (unpaired) electrons. The summed E-state index contributed by atoms with van der Waals surface area (Å²) in [6.07, 6.45) is 0.915. The minimum Gasteiger partial charge on any atom is -0.508 e. The molecule has 2 aromatic rings. The lowest BCUT2D eigenvalue weighted by Gasteiger charge is -2.12. The Labute approximate surface area is 124 Å². The smallest absolute Gasteiger partial charge is 0.224 e. The van der Waals surface area contributed by atoms with Gasteiger partial charge in [-0.3, -0.25) is 4.79 Å². The molecule has 2 aromatic carbocycles. The summed E-state index contributed by atoms with van der Waals surface area (Å²) in [5.74, 6) is 0.0680. The quantitative estimate of drug-likeness (QED) is 0.789. The van der Waals surface area contributed by atoms with Crippen molar-refractivity contribution in [2.75, 3.05) is 5.32 Å². The van der Waals surface area contributed by atoms with E-state index in [9.17, 15) is 9.90 Å². The van der Waals surface area contributed by atoms with Crippen LogP contribution in [0.5, 0.6) is 5.75 Å². The second-order valence-electron chi connectivity index (χ2n) is 5.11. The Kier molecular flexibility index (Phi) is 4.95. The van der Waals surface area contributed by atoms with Gasteiger partial charge in [-0.15, -0.1) is 0 Å². The van der Waals surface area contributed by atoms with Crippen molar-refractivity contribution < 1.29 is 9.90 Å². The molecule has 2 rings (SSSR count). The first kappa shape index (κ1) is 15.1. The van der Waals surface area contributed by atoms with Crippen molar-refractivity contribution in [1.29, 1.82) is 0 Å². The van der Waals surface area contributed by atoms with E-state index in [1.54, 1.807) is 25.1 Å². The van der Waals surface area contributed by atoms with E-state index in [4.69, 9.17) is 5.73 Å². The molecule has 0 spiro atoms. The zero-order valence-electron chi connectivity index (χ0n) is 12.0. The van der Waals surface area contributed by atoms with E-state index in [1.807, 2.05) is 30.3 Å². The van der Waals surface area contributed by atoms with Crippen molar-refractivity contribution in [2.24, 2.45) is 5.73 Å². The third kappa shape index (κ3) is 4.33. The lowest BCUT2D eigenvalue weighted by molar-refractivity contribution is -0.116. The molecular weight excluding hydrogens is 264 g/mol. The number of phenols is 1. The Morgan fingerprint density at radius 3 is 2.62 bits per heavy atom. The zero-order chi connectivity index (χ0) is 15.2. The highest BCUT2D eigenvalue weighted by molar-refractivity contribution is 5.90. The third-order valence-corrected chi connectivity index (χ3v) is 3.40. The monoisotopic (exact) mass is 284 g/mol. The molecule has 1 unspecified atom stereocenters.